The first kappa shape index (κ1) is 29.0. The topological polar surface area (TPSA) is 111 Å². The average molecular weight is 524 g/mol. The third kappa shape index (κ3) is 10.5. The average Bonchev–Trinajstić information content (AvgIpc) is 3.19. The van der Waals surface area contributed by atoms with Gasteiger partial charge in [-0.25, -0.2) is 13.4 Å². The SMILES string of the molecule is CCCCCCCCCCS(=O)(=O)c1ccc(OCC(=O)c2nc(C)c(CCCC(=O)O)s2)cc1. The van der Waals surface area contributed by atoms with Gasteiger partial charge in [0.05, 0.1) is 16.3 Å². The number of carboxylic acid groups (broad SMARTS) is 1. The highest BCUT2D eigenvalue weighted by Crippen LogP contribution is 2.22. The fraction of sp³-hybridized carbons (Fsp3) is 0.577. The number of Topliss-reactive ketones (excluding diaryl/α,β-unsaturated/α-hetero) is 1. The zero-order valence-electron chi connectivity index (χ0n) is 20.8. The van der Waals surface area contributed by atoms with E-state index in [1.54, 1.807) is 19.1 Å². The van der Waals surface area contributed by atoms with Crippen LogP contribution in [0.1, 0.15) is 91.5 Å². The molecule has 0 bridgehead atoms. The normalized spacial score (nSPS) is 11.5. The highest BCUT2D eigenvalue weighted by molar-refractivity contribution is 7.91. The molecule has 0 amide bonds. The van der Waals surface area contributed by atoms with Crippen molar-refractivity contribution >= 4 is 32.9 Å². The lowest BCUT2D eigenvalue weighted by Crippen LogP contribution is -2.11. The molecule has 7 nitrogen and oxygen atoms in total. The number of carbonyl (C=O) groups excluding carboxylic acids is 1. The minimum Gasteiger partial charge on any atom is -0.485 e. The second-order valence-electron chi connectivity index (χ2n) is 8.75. The van der Waals surface area contributed by atoms with E-state index in [1.807, 2.05) is 0 Å². The molecule has 1 aromatic carbocycles. The summed E-state index contributed by atoms with van der Waals surface area (Å²) in [6.45, 7) is 3.79. The lowest BCUT2D eigenvalue weighted by Gasteiger charge is -2.07. The van der Waals surface area contributed by atoms with Crippen LogP contribution in [0.4, 0.5) is 0 Å². The number of thiazole rings is 1. The number of hydrogen-bond acceptors (Lipinski definition) is 7. The van der Waals surface area contributed by atoms with Crippen LogP contribution in [0.25, 0.3) is 0 Å². The third-order valence-corrected chi connectivity index (χ3v) is 8.82. The quantitative estimate of drug-likeness (QED) is 0.187. The molecule has 0 aliphatic heterocycles. The highest BCUT2D eigenvalue weighted by Gasteiger charge is 2.17. The third-order valence-electron chi connectivity index (χ3n) is 5.75. The zero-order chi connectivity index (χ0) is 25.7. The zero-order valence-corrected chi connectivity index (χ0v) is 22.4. The summed E-state index contributed by atoms with van der Waals surface area (Å²) in [6, 6.07) is 6.18. The molecule has 0 radical (unpaired) electrons. The van der Waals surface area contributed by atoms with E-state index in [9.17, 15) is 18.0 Å². The van der Waals surface area contributed by atoms with Gasteiger partial charge < -0.3 is 9.84 Å². The van der Waals surface area contributed by atoms with Gasteiger partial charge in [-0.15, -0.1) is 11.3 Å². The number of carbonyl (C=O) groups is 2. The van der Waals surface area contributed by atoms with Crippen LogP contribution >= 0.6 is 11.3 Å². The predicted molar refractivity (Wildman–Crippen MR) is 138 cm³/mol. The Morgan fingerprint density at radius 2 is 1.60 bits per heavy atom. The summed E-state index contributed by atoms with van der Waals surface area (Å²) in [5.41, 5.74) is 0.731. The molecule has 1 aromatic heterocycles. The predicted octanol–water partition coefficient (Wildman–Crippen LogP) is 6.03. The van der Waals surface area contributed by atoms with Gasteiger partial charge in [-0.05, 0) is 50.5 Å². The van der Waals surface area contributed by atoms with E-state index in [4.69, 9.17) is 9.84 Å². The second kappa shape index (κ2) is 15.0. The van der Waals surface area contributed by atoms with Crippen molar-refractivity contribution in [1.82, 2.24) is 4.98 Å². The summed E-state index contributed by atoms with van der Waals surface area (Å²) in [6.07, 6.45) is 9.94. The maximum Gasteiger partial charge on any atom is 0.303 e. The molecule has 2 rings (SSSR count). The standard InChI is InChI=1S/C26H37NO6S2/c1-3-4-5-6-7-8-9-10-18-35(31,32)22-16-14-21(15-17-22)33-19-23(28)26-27-20(2)24(34-26)12-11-13-25(29)30/h14-17H,3-13,18-19H2,1-2H3,(H,29,30). The van der Waals surface area contributed by atoms with Crippen LogP contribution in [0.5, 0.6) is 5.75 Å². The maximum atomic E-state index is 12.6. The van der Waals surface area contributed by atoms with Crippen LogP contribution in [0.3, 0.4) is 0 Å². The van der Waals surface area contributed by atoms with Crippen LogP contribution in [-0.2, 0) is 21.1 Å². The van der Waals surface area contributed by atoms with E-state index in [2.05, 4.69) is 11.9 Å². The van der Waals surface area contributed by atoms with Gasteiger partial charge in [0.25, 0.3) is 0 Å². The molecule has 0 aliphatic rings. The number of ether oxygens (including phenoxy) is 1. The molecule has 9 heteroatoms. The van der Waals surface area contributed by atoms with Crippen LogP contribution < -0.4 is 4.74 Å². The molecule has 1 N–H and O–H groups in total. The molecule has 0 saturated heterocycles. The van der Waals surface area contributed by atoms with E-state index < -0.39 is 15.8 Å². The van der Waals surface area contributed by atoms with E-state index in [0.29, 0.717) is 30.0 Å². The smallest absolute Gasteiger partial charge is 0.303 e. The van der Waals surface area contributed by atoms with Gasteiger partial charge in [0, 0.05) is 11.3 Å². The fourth-order valence-corrected chi connectivity index (χ4v) is 6.08. The van der Waals surface area contributed by atoms with Crippen molar-refractivity contribution in [3.8, 4) is 5.75 Å². The molecule has 0 saturated carbocycles. The first-order chi connectivity index (χ1) is 16.7. The van der Waals surface area contributed by atoms with Gasteiger partial charge in [-0.3, -0.25) is 9.59 Å². The van der Waals surface area contributed by atoms with E-state index in [-0.39, 0.29) is 29.5 Å². The van der Waals surface area contributed by atoms with Crippen LogP contribution in [0, 0.1) is 6.92 Å². The summed E-state index contributed by atoms with van der Waals surface area (Å²) in [7, 11) is -3.34. The molecule has 0 spiro atoms. The molecule has 2 aromatic rings. The maximum absolute atomic E-state index is 12.6. The Morgan fingerprint density at radius 1 is 0.971 bits per heavy atom. The minimum absolute atomic E-state index is 0.0779. The van der Waals surface area contributed by atoms with Crippen molar-refractivity contribution in [2.45, 2.75) is 89.4 Å². The monoisotopic (exact) mass is 523 g/mol. The molecule has 194 valence electrons. The Balaban J connectivity index is 1.78. The lowest BCUT2D eigenvalue weighted by atomic mass is 10.1. The van der Waals surface area contributed by atoms with Crippen molar-refractivity contribution in [3.05, 3.63) is 39.8 Å². The Morgan fingerprint density at radius 3 is 2.23 bits per heavy atom. The molecular formula is C26H37NO6S2. The minimum atomic E-state index is -3.34. The number of sulfone groups is 1. The Kier molecular flexibility index (Phi) is 12.4. The molecule has 1 heterocycles. The number of aliphatic carboxylic acids is 1. The van der Waals surface area contributed by atoms with Crippen molar-refractivity contribution in [3.63, 3.8) is 0 Å². The molecular weight excluding hydrogens is 486 g/mol. The number of aromatic nitrogens is 1. The molecule has 35 heavy (non-hydrogen) atoms. The van der Waals surface area contributed by atoms with E-state index >= 15 is 0 Å². The lowest BCUT2D eigenvalue weighted by molar-refractivity contribution is -0.137. The Bertz CT molecular complexity index is 1040. The van der Waals surface area contributed by atoms with E-state index in [1.165, 1.54) is 49.2 Å². The number of aryl methyl sites for hydroxylation is 2. The number of hydrogen-bond donors (Lipinski definition) is 1. The number of unbranched alkanes of at least 4 members (excludes halogenated alkanes) is 7. The van der Waals surface area contributed by atoms with Crippen molar-refractivity contribution in [1.29, 1.82) is 0 Å². The van der Waals surface area contributed by atoms with Gasteiger partial charge in [-0.1, -0.05) is 51.9 Å². The molecule has 0 atom stereocenters. The molecule has 0 fully saturated rings. The summed E-state index contributed by atoms with van der Waals surface area (Å²) < 4.78 is 30.7. The largest absolute Gasteiger partial charge is 0.485 e. The number of carboxylic acids is 1. The van der Waals surface area contributed by atoms with Gasteiger partial charge in [-0.2, -0.15) is 0 Å². The first-order valence-corrected chi connectivity index (χ1v) is 14.9. The van der Waals surface area contributed by atoms with Gasteiger partial charge in [0.15, 0.2) is 21.5 Å². The Labute approximate surface area is 212 Å². The van der Waals surface area contributed by atoms with Gasteiger partial charge in [0.1, 0.15) is 5.75 Å². The number of benzene rings is 1. The summed E-state index contributed by atoms with van der Waals surface area (Å²) in [4.78, 5) is 28.6. The van der Waals surface area contributed by atoms with Crippen molar-refractivity contribution in [2.75, 3.05) is 12.4 Å². The Hall–Kier alpha value is -2.26. The van der Waals surface area contributed by atoms with E-state index in [0.717, 1.165) is 29.8 Å². The molecule has 0 unspecified atom stereocenters. The summed E-state index contributed by atoms with van der Waals surface area (Å²) in [5.74, 6) is -0.559. The van der Waals surface area contributed by atoms with Crippen LogP contribution in [0.15, 0.2) is 29.2 Å². The summed E-state index contributed by atoms with van der Waals surface area (Å²) in [5, 5.41) is 9.10. The highest BCUT2D eigenvalue weighted by atomic mass is 32.2. The first-order valence-electron chi connectivity index (χ1n) is 12.4. The van der Waals surface area contributed by atoms with Gasteiger partial charge >= 0.3 is 5.97 Å². The number of ketones is 1. The van der Waals surface area contributed by atoms with Crippen LogP contribution in [0.2, 0.25) is 0 Å². The summed E-state index contributed by atoms with van der Waals surface area (Å²) >= 11 is 1.26. The van der Waals surface area contributed by atoms with Gasteiger partial charge in [0.2, 0.25) is 5.78 Å². The fourth-order valence-electron chi connectivity index (χ4n) is 3.68. The van der Waals surface area contributed by atoms with Crippen LogP contribution in [-0.4, -0.2) is 42.6 Å². The number of nitrogens with zero attached hydrogens (tertiary/aromatic N) is 1. The molecule has 0 aliphatic carbocycles. The second-order valence-corrected chi connectivity index (χ2v) is 11.9. The van der Waals surface area contributed by atoms with Crippen molar-refractivity contribution < 1.29 is 27.9 Å². The number of rotatable bonds is 18. The van der Waals surface area contributed by atoms with Crippen molar-refractivity contribution in [2.24, 2.45) is 0 Å².